The van der Waals surface area contributed by atoms with Crippen LogP contribution in [0.1, 0.15) is 28.9 Å². The number of hydrogen-bond acceptors (Lipinski definition) is 2. The van der Waals surface area contributed by atoms with Crippen LogP contribution in [0.3, 0.4) is 0 Å². The van der Waals surface area contributed by atoms with Gasteiger partial charge in [0.15, 0.2) is 0 Å². The number of rotatable bonds is 0. The van der Waals surface area contributed by atoms with Gasteiger partial charge in [0.25, 0.3) is 5.91 Å². The Morgan fingerprint density at radius 3 is 3.08 bits per heavy atom. The molecule has 1 N–H and O–H groups in total. The van der Waals surface area contributed by atoms with Crippen LogP contribution >= 0.6 is 0 Å². The molecule has 1 aromatic rings. The predicted molar refractivity (Wildman–Crippen MR) is 47.5 cm³/mol. The SMILES string of the molecule is O=C1NCC2(CC2)c2cccnc21. The van der Waals surface area contributed by atoms with E-state index in [4.69, 9.17) is 0 Å². The second-order valence-electron chi connectivity index (χ2n) is 3.86. The summed E-state index contributed by atoms with van der Waals surface area (Å²) in [5, 5.41) is 2.89. The van der Waals surface area contributed by atoms with Gasteiger partial charge in [-0.1, -0.05) is 6.07 Å². The first-order valence-electron chi connectivity index (χ1n) is 4.56. The quantitative estimate of drug-likeness (QED) is 0.633. The number of amides is 1. The first-order chi connectivity index (χ1) is 6.32. The van der Waals surface area contributed by atoms with Crippen LogP contribution < -0.4 is 5.32 Å². The van der Waals surface area contributed by atoms with Crippen molar-refractivity contribution in [3.63, 3.8) is 0 Å². The van der Waals surface area contributed by atoms with Crippen molar-refractivity contribution in [1.29, 1.82) is 0 Å². The molecule has 0 saturated heterocycles. The molecule has 1 saturated carbocycles. The Labute approximate surface area is 76.2 Å². The summed E-state index contributed by atoms with van der Waals surface area (Å²) in [6.07, 6.45) is 4.05. The van der Waals surface area contributed by atoms with E-state index >= 15 is 0 Å². The molecule has 3 heteroatoms. The summed E-state index contributed by atoms with van der Waals surface area (Å²) in [5.74, 6) is -0.0203. The highest BCUT2D eigenvalue weighted by Gasteiger charge is 2.49. The first-order valence-corrected chi connectivity index (χ1v) is 4.56. The third-order valence-electron chi connectivity index (χ3n) is 3.04. The van der Waals surface area contributed by atoms with Gasteiger partial charge in [-0.2, -0.15) is 0 Å². The molecular weight excluding hydrogens is 164 g/mol. The molecule has 1 fully saturated rings. The average molecular weight is 174 g/mol. The molecule has 3 rings (SSSR count). The van der Waals surface area contributed by atoms with Gasteiger partial charge >= 0.3 is 0 Å². The van der Waals surface area contributed by atoms with Crippen molar-refractivity contribution in [2.45, 2.75) is 18.3 Å². The van der Waals surface area contributed by atoms with E-state index in [2.05, 4.69) is 10.3 Å². The highest BCUT2D eigenvalue weighted by Crippen LogP contribution is 2.49. The van der Waals surface area contributed by atoms with Crippen molar-refractivity contribution >= 4 is 5.91 Å². The van der Waals surface area contributed by atoms with E-state index in [0.29, 0.717) is 5.69 Å². The molecule has 0 aromatic carbocycles. The van der Waals surface area contributed by atoms with Gasteiger partial charge in [0.2, 0.25) is 0 Å². The molecule has 0 bridgehead atoms. The van der Waals surface area contributed by atoms with E-state index in [1.54, 1.807) is 6.20 Å². The van der Waals surface area contributed by atoms with E-state index in [9.17, 15) is 4.79 Å². The lowest BCUT2D eigenvalue weighted by atomic mass is 9.91. The standard InChI is InChI=1S/C10H10N2O/c13-9-8-7(2-1-5-11-8)10(3-4-10)6-12-9/h1-2,5H,3-4,6H2,(H,12,13). The number of carbonyl (C=O) groups is 1. The average Bonchev–Trinajstić information content (AvgIpc) is 2.94. The molecule has 0 atom stereocenters. The largest absolute Gasteiger partial charge is 0.350 e. The van der Waals surface area contributed by atoms with Gasteiger partial charge in [-0.05, 0) is 24.5 Å². The number of pyridine rings is 1. The minimum atomic E-state index is -0.0203. The Balaban J connectivity index is 2.22. The van der Waals surface area contributed by atoms with Crippen LogP contribution in [-0.2, 0) is 5.41 Å². The van der Waals surface area contributed by atoms with E-state index in [1.165, 1.54) is 12.8 Å². The number of nitrogens with one attached hydrogen (secondary N) is 1. The lowest BCUT2D eigenvalue weighted by Crippen LogP contribution is -2.39. The highest BCUT2D eigenvalue weighted by atomic mass is 16.1. The van der Waals surface area contributed by atoms with Gasteiger partial charge in [0, 0.05) is 18.2 Å². The summed E-state index contributed by atoms with van der Waals surface area (Å²) < 4.78 is 0. The minimum absolute atomic E-state index is 0.0203. The summed E-state index contributed by atoms with van der Waals surface area (Å²) in [4.78, 5) is 15.6. The van der Waals surface area contributed by atoms with Crippen molar-refractivity contribution in [2.24, 2.45) is 0 Å². The van der Waals surface area contributed by atoms with E-state index in [1.807, 2.05) is 12.1 Å². The van der Waals surface area contributed by atoms with Crippen LogP contribution in [0.4, 0.5) is 0 Å². The molecule has 1 aromatic heterocycles. The molecule has 2 aliphatic rings. The van der Waals surface area contributed by atoms with Crippen LogP contribution in [0.2, 0.25) is 0 Å². The molecule has 1 amide bonds. The molecule has 3 nitrogen and oxygen atoms in total. The number of hydrogen-bond donors (Lipinski definition) is 1. The van der Waals surface area contributed by atoms with Crippen molar-refractivity contribution in [2.75, 3.05) is 6.54 Å². The maximum Gasteiger partial charge on any atom is 0.270 e. The first kappa shape index (κ1) is 7.06. The zero-order chi connectivity index (χ0) is 8.89. The van der Waals surface area contributed by atoms with Crippen LogP contribution in [-0.4, -0.2) is 17.4 Å². The van der Waals surface area contributed by atoms with Crippen molar-refractivity contribution in [3.8, 4) is 0 Å². The number of carbonyl (C=O) groups excluding carboxylic acids is 1. The van der Waals surface area contributed by atoms with Crippen LogP contribution in [0, 0.1) is 0 Å². The summed E-state index contributed by atoms with van der Waals surface area (Å²) in [6, 6.07) is 3.95. The lowest BCUT2D eigenvalue weighted by Gasteiger charge is -2.23. The third kappa shape index (κ3) is 0.842. The predicted octanol–water partition coefficient (Wildman–Crippen LogP) is 0.857. The fourth-order valence-corrected chi connectivity index (χ4v) is 2.04. The van der Waals surface area contributed by atoms with Crippen LogP contribution in [0.25, 0.3) is 0 Å². The summed E-state index contributed by atoms with van der Waals surface area (Å²) in [5.41, 5.74) is 2.03. The Hall–Kier alpha value is -1.38. The Morgan fingerprint density at radius 2 is 2.31 bits per heavy atom. The smallest absolute Gasteiger partial charge is 0.270 e. The fraction of sp³-hybridized carbons (Fsp3) is 0.400. The second-order valence-corrected chi connectivity index (χ2v) is 3.86. The summed E-state index contributed by atoms with van der Waals surface area (Å²) in [6.45, 7) is 0.796. The van der Waals surface area contributed by atoms with Crippen molar-refractivity contribution < 1.29 is 4.79 Å². The molecule has 1 spiro atoms. The Morgan fingerprint density at radius 1 is 1.46 bits per heavy atom. The molecule has 0 radical (unpaired) electrons. The van der Waals surface area contributed by atoms with Gasteiger partial charge in [-0.25, -0.2) is 0 Å². The van der Waals surface area contributed by atoms with E-state index in [-0.39, 0.29) is 11.3 Å². The zero-order valence-electron chi connectivity index (χ0n) is 7.21. The van der Waals surface area contributed by atoms with Crippen molar-refractivity contribution in [3.05, 3.63) is 29.6 Å². The van der Waals surface area contributed by atoms with Crippen molar-refractivity contribution in [1.82, 2.24) is 10.3 Å². The number of nitrogens with zero attached hydrogens (tertiary/aromatic N) is 1. The minimum Gasteiger partial charge on any atom is -0.350 e. The molecule has 66 valence electrons. The summed E-state index contributed by atoms with van der Waals surface area (Å²) >= 11 is 0. The maximum atomic E-state index is 11.4. The topological polar surface area (TPSA) is 42.0 Å². The van der Waals surface area contributed by atoms with Crippen LogP contribution in [0.15, 0.2) is 18.3 Å². The molecule has 1 aliphatic heterocycles. The monoisotopic (exact) mass is 174 g/mol. The van der Waals surface area contributed by atoms with Gasteiger partial charge < -0.3 is 5.32 Å². The van der Waals surface area contributed by atoms with Gasteiger partial charge in [-0.3, -0.25) is 9.78 Å². The molecule has 13 heavy (non-hydrogen) atoms. The second kappa shape index (κ2) is 2.10. The molecule has 0 unspecified atom stereocenters. The Kier molecular flexibility index (Phi) is 1.14. The van der Waals surface area contributed by atoms with Crippen LogP contribution in [0.5, 0.6) is 0 Å². The maximum absolute atomic E-state index is 11.4. The fourth-order valence-electron chi connectivity index (χ4n) is 2.04. The van der Waals surface area contributed by atoms with Gasteiger partial charge in [-0.15, -0.1) is 0 Å². The highest BCUT2D eigenvalue weighted by molar-refractivity contribution is 5.95. The zero-order valence-corrected chi connectivity index (χ0v) is 7.21. The van der Waals surface area contributed by atoms with E-state index < -0.39 is 0 Å². The van der Waals surface area contributed by atoms with E-state index in [0.717, 1.165) is 12.1 Å². The number of aromatic nitrogens is 1. The van der Waals surface area contributed by atoms with Gasteiger partial charge in [0.1, 0.15) is 5.69 Å². The molecule has 1 aliphatic carbocycles. The normalized spacial score (nSPS) is 22.3. The molecular formula is C10H10N2O. The third-order valence-corrected chi connectivity index (χ3v) is 3.04. The Bertz CT molecular complexity index is 382. The van der Waals surface area contributed by atoms with Gasteiger partial charge in [0.05, 0.1) is 0 Å². The summed E-state index contributed by atoms with van der Waals surface area (Å²) in [7, 11) is 0. The lowest BCUT2D eigenvalue weighted by molar-refractivity contribution is 0.0932. The molecule has 2 heterocycles. The number of fused-ring (bicyclic) bond motifs is 2.